The third-order valence-corrected chi connectivity index (χ3v) is 3.67. The van der Waals surface area contributed by atoms with Gasteiger partial charge in [-0.3, -0.25) is 0 Å². The molecule has 0 unspecified atom stereocenters. The Kier molecular flexibility index (Phi) is 8.46. The maximum atomic E-state index is 11.6. The third-order valence-electron chi connectivity index (χ3n) is 3.67. The first-order chi connectivity index (χ1) is 11.4. The quantitative estimate of drug-likeness (QED) is 0.446. The van der Waals surface area contributed by atoms with Gasteiger partial charge in [0.15, 0.2) is 6.10 Å². The van der Waals surface area contributed by atoms with E-state index in [9.17, 15) is 15.0 Å². The maximum absolute atomic E-state index is 11.6. The van der Waals surface area contributed by atoms with E-state index in [1.54, 1.807) is 19.1 Å². The molecule has 0 bridgehead atoms. The van der Waals surface area contributed by atoms with Gasteiger partial charge < -0.3 is 24.5 Å². The van der Waals surface area contributed by atoms with Crippen molar-refractivity contribution in [1.29, 1.82) is 0 Å². The van der Waals surface area contributed by atoms with Crippen LogP contribution in [0.3, 0.4) is 0 Å². The molecule has 0 amide bonds. The lowest BCUT2D eigenvalue weighted by Crippen LogP contribution is -2.37. The molecular formula is C18H26O6. The van der Waals surface area contributed by atoms with E-state index < -0.39 is 24.1 Å². The number of esters is 1. The molecule has 0 fully saturated rings. The van der Waals surface area contributed by atoms with Crippen molar-refractivity contribution in [1.82, 2.24) is 0 Å². The van der Waals surface area contributed by atoms with Crippen molar-refractivity contribution < 1.29 is 29.3 Å². The fraction of sp³-hybridized carbons (Fsp3) is 0.500. The lowest BCUT2D eigenvalue weighted by Gasteiger charge is -2.23. The Bertz CT molecular complexity index is 560. The van der Waals surface area contributed by atoms with Gasteiger partial charge in [-0.25, -0.2) is 4.79 Å². The summed E-state index contributed by atoms with van der Waals surface area (Å²) in [6.07, 6.45) is 1.73. The van der Waals surface area contributed by atoms with Crippen molar-refractivity contribution in [2.24, 2.45) is 5.92 Å². The van der Waals surface area contributed by atoms with Crippen molar-refractivity contribution in [3.63, 3.8) is 0 Å². The molecule has 3 N–H and O–H groups in total. The van der Waals surface area contributed by atoms with Gasteiger partial charge in [-0.05, 0) is 44.9 Å². The standard InChI is InChI=1S/C18H26O6/c1-4-15(17(21)18(22)23-5-2)16(20)9-6-12(3)10-13-7-8-14(11-19)24-13/h4,7-8,10,15-17,19-21H,1,5-6,9,11H2,2-3H3/b12-10+/t15-,16-,17+/m1/s1. The molecular weight excluding hydrogens is 312 g/mol. The zero-order valence-corrected chi connectivity index (χ0v) is 14.1. The summed E-state index contributed by atoms with van der Waals surface area (Å²) in [5.41, 5.74) is 0.960. The number of allylic oxidation sites excluding steroid dienone is 1. The lowest BCUT2D eigenvalue weighted by atomic mass is 9.91. The Morgan fingerprint density at radius 3 is 2.67 bits per heavy atom. The molecule has 0 aromatic carbocycles. The fourth-order valence-corrected chi connectivity index (χ4v) is 2.32. The van der Waals surface area contributed by atoms with Crippen LogP contribution < -0.4 is 0 Å². The van der Waals surface area contributed by atoms with Crippen LogP contribution >= 0.6 is 0 Å². The highest BCUT2D eigenvalue weighted by molar-refractivity contribution is 5.75. The largest absolute Gasteiger partial charge is 0.464 e. The average molecular weight is 338 g/mol. The first kappa shape index (κ1) is 20.2. The van der Waals surface area contributed by atoms with E-state index in [0.29, 0.717) is 24.4 Å². The molecule has 3 atom stereocenters. The van der Waals surface area contributed by atoms with Gasteiger partial charge in [-0.1, -0.05) is 11.6 Å². The normalized spacial score (nSPS) is 15.6. The molecule has 6 heteroatoms. The van der Waals surface area contributed by atoms with E-state index in [1.807, 2.05) is 13.0 Å². The third kappa shape index (κ3) is 5.96. The first-order valence-corrected chi connectivity index (χ1v) is 7.95. The van der Waals surface area contributed by atoms with E-state index in [0.717, 1.165) is 5.57 Å². The van der Waals surface area contributed by atoms with E-state index in [2.05, 4.69) is 6.58 Å². The Balaban J connectivity index is 2.60. The lowest BCUT2D eigenvalue weighted by molar-refractivity contribution is -0.157. The van der Waals surface area contributed by atoms with Crippen LogP contribution in [0.1, 0.15) is 38.2 Å². The molecule has 0 saturated carbocycles. The van der Waals surface area contributed by atoms with Gasteiger partial charge in [0, 0.05) is 5.92 Å². The molecule has 0 spiro atoms. The highest BCUT2D eigenvalue weighted by atomic mass is 16.5. The number of rotatable bonds is 10. The monoisotopic (exact) mass is 338 g/mol. The number of ether oxygens (including phenoxy) is 1. The van der Waals surface area contributed by atoms with Crippen LogP contribution in [-0.4, -0.2) is 40.1 Å². The van der Waals surface area contributed by atoms with Gasteiger partial charge in [0.25, 0.3) is 0 Å². The number of aliphatic hydroxyl groups excluding tert-OH is 3. The smallest absolute Gasteiger partial charge is 0.335 e. The van der Waals surface area contributed by atoms with Gasteiger partial charge in [0.2, 0.25) is 0 Å². The van der Waals surface area contributed by atoms with E-state index in [1.165, 1.54) is 6.08 Å². The Hall–Kier alpha value is -1.89. The second kappa shape index (κ2) is 10.1. The van der Waals surface area contributed by atoms with E-state index in [4.69, 9.17) is 14.3 Å². The average Bonchev–Trinajstić information content (AvgIpc) is 3.01. The highest BCUT2D eigenvalue weighted by Gasteiger charge is 2.30. The minimum atomic E-state index is -1.43. The molecule has 1 aromatic heterocycles. The molecule has 0 aliphatic rings. The zero-order valence-electron chi connectivity index (χ0n) is 14.1. The van der Waals surface area contributed by atoms with E-state index in [-0.39, 0.29) is 13.2 Å². The molecule has 0 radical (unpaired) electrons. The number of aliphatic hydroxyl groups is 3. The number of carbonyl (C=O) groups is 1. The molecule has 6 nitrogen and oxygen atoms in total. The first-order valence-electron chi connectivity index (χ1n) is 7.95. The Labute approximate surface area is 142 Å². The molecule has 1 heterocycles. The van der Waals surface area contributed by atoms with Crippen LogP contribution in [0, 0.1) is 5.92 Å². The summed E-state index contributed by atoms with van der Waals surface area (Å²) in [6.45, 7) is 7.12. The van der Waals surface area contributed by atoms with Crippen molar-refractivity contribution in [2.45, 2.75) is 45.5 Å². The van der Waals surface area contributed by atoms with Crippen LogP contribution in [0.4, 0.5) is 0 Å². The summed E-state index contributed by atoms with van der Waals surface area (Å²) in [7, 11) is 0. The van der Waals surface area contributed by atoms with Crippen LogP contribution in [0.25, 0.3) is 6.08 Å². The summed E-state index contributed by atoms with van der Waals surface area (Å²) >= 11 is 0. The highest BCUT2D eigenvalue weighted by Crippen LogP contribution is 2.20. The van der Waals surface area contributed by atoms with Crippen molar-refractivity contribution in [3.05, 3.63) is 41.9 Å². The van der Waals surface area contributed by atoms with E-state index >= 15 is 0 Å². The summed E-state index contributed by atoms with van der Waals surface area (Å²) in [4.78, 5) is 11.6. The second-order valence-electron chi connectivity index (χ2n) is 5.57. The van der Waals surface area contributed by atoms with Crippen molar-refractivity contribution in [3.8, 4) is 0 Å². The summed E-state index contributed by atoms with van der Waals surface area (Å²) in [5, 5.41) is 29.1. The predicted molar refractivity (Wildman–Crippen MR) is 89.8 cm³/mol. The van der Waals surface area contributed by atoms with Gasteiger partial charge in [-0.15, -0.1) is 6.58 Å². The predicted octanol–water partition coefficient (Wildman–Crippen LogP) is 2.04. The van der Waals surface area contributed by atoms with Gasteiger partial charge >= 0.3 is 5.97 Å². The van der Waals surface area contributed by atoms with Crippen LogP contribution in [-0.2, 0) is 16.1 Å². The molecule has 0 aliphatic carbocycles. The fourth-order valence-electron chi connectivity index (χ4n) is 2.32. The Morgan fingerprint density at radius 1 is 1.42 bits per heavy atom. The molecule has 0 saturated heterocycles. The molecule has 0 aliphatic heterocycles. The second-order valence-corrected chi connectivity index (χ2v) is 5.57. The van der Waals surface area contributed by atoms with Crippen molar-refractivity contribution >= 4 is 12.0 Å². The van der Waals surface area contributed by atoms with Crippen molar-refractivity contribution in [2.75, 3.05) is 6.61 Å². The van der Waals surface area contributed by atoms with Crippen LogP contribution in [0.5, 0.6) is 0 Å². The summed E-state index contributed by atoms with van der Waals surface area (Å²) in [6, 6.07) is 3.44. The van der Waals surface area contributed by atoms with Crippen LogP contribution in [0.2, 0.25) is 0 Å². The number of furan rings is 1. The van der Waals surface area contributed by atoms with Crippen LogP contribution in [0.15, 0.2) is 34.8 Å². The summed E-state index contributed by atoms with van der Waals surface area (Å²) in [5.74, 6) is -0.446. The number of hydrogen-bond donors (Lipinski definition) is 3. The van der Waals surface area contributed by atoms with Gasteiger partial charge in [0.1, 0.15) is 18.1 Å². The molecule has 134 valence electrons. The number of hydrogen-bond acceptors (Lipinski definition) is 6. The SMILES string of the molecule is C=C[C@H]([C@H](O)CC/C(C)=C/c1ccc(CO)o1)[C@H](O)C(=O)OCC. The molecule has 24 heavy (non-hydrogen) atoms. The number of carbonyl (C=O) groups excluding carboxylic acids is 1. The summed E-state index contributed by atoms with van der Waals surface area (Å²) < 4.78 is 10.1. The van der Waals surface area contributed by atoms with Gasteiger partial charge in [0.05, 0.1) is 12.7 Å². The molecule has 1 aromatic rings. The maximum Gasteiger partial charge on any atom is 0.335 e. The zero-order chi connectivity index (χ0) is 18.1. The minimum Gasteiger partial charge on any atom is -0.464 e. The Morgan fingerprint density at radius 2 is 2.12 bits per heavy atom. The topological polar surface area (TPSA) is 100 Å². The minimum absolute atomic E-state index is 0.154. The molecule has 1 rings (SSSR count). The van der Waals surface area contributed by atoms with Gasteiger partial charge in [-0.2, -0.15) is 0 Å².